The Kier molecular flexibility index (Phi) is 3.42. The van der Waals surface area contributed by atoms with E-state index in [2.05, 4.69) is 15.0 Å². The van der Waals surface area contributed by atoms with Gasteiger partial charge in [-0.1, -0.05) is 0 Å². The van der Waals surface area contributed by atoms with E-state index >= 15 is 0 Å². The smallest absolute Gasteiger partial charge is 0.382 e. The van der Waals surface area contributed by atoms with E-state index in [0.717, 1.165) is 0 Å². The van der Waals surface area contributed by atoms with Gasteiger partial charge in [-0.05, 0) is 6.92 Å². The number of nitrogen functional groups attached to an aromatic ring is 1. The lowest BCUT2D eigenvalue weighted by atomic mass is 10.2. The maximum absolute atomic E-state index is 10.9. The summed E-state index contributed by atoms with van der Waals surface area (Å²) < 4.78 is 23.0. The third-order valence-electron chi connectivity index (χ3n) is 3.30. The minimum absolute atomic E-state index is 0.257. The molecule has 4 N–H and O–H groups in total. The summed E-state index contributed by atoms with van der Waals surface area (Å²) in [6.45, 7) is 1.68. The molecule has 1 aliphatic rings. The van der Waals surface area contributed by atoms with Gasteiger partial charge in [-0.3, -0.25) is 9.09 Å². The quantitative estimate of drug-likeness (QED) is 0.675. The number of hydrogen-bond donors (Lipinski definition) is 3. The number of rotatable bonds is 3. The highest BCUT2D eigenvalue weighted by Crippen LogP contribution is 2.43. The summed E-state index contributed by atoms with van der Waals surface area (Å²) in [5.74, 6) is 0.257. The SMILES string of the molecule is CC1OC(n2cnc3c(N)ncnc32)CC1OP(=O)(O)O. The molecule has 0 bridgehead atoms. The van der Waals surface area contributed by atoms with Crippen LogP contribution in [-0.2, 0) is 13.8 Å². The molecule has 21 heavy (non-hydrogen) atoms. The highest BCUT2D eigenvalue weighted by Gasteiger charge is 2.38. The fourth-order valence-corrected chi connectivity index (χ4v) is 2.96. The van der Waals surface area contributed by atoms with Crippen LogP contribution in [0.2, 0.25) is 0 Å². The third kappa shape index (κ3) is 2.76. The molecule has 114 valence electrons. The van der Waals surface area contributed by atoms with Crippen molar-refractivity contribution >= 4 is 24.8 Å². The van der Waals surface area contributed by atoms with Crippen molar-refractivity contribution in [3.8, 4) is 0 Å². The minimum atomic E-state index is -4.56. The van der Waals surface area contributed by atoms with Crippen molar-refractivity contribution < 1.29 is 23.6 Å². The third-order valence-corrected chi connectivity index (χ3v) is 3.84. The molecule has 0 amide bonds. The van der Waals surface area contributed by atoms with Crippen LogP contribution in [0.15, 0.2) is 12.7 Å². The molecule has 2 aromatic rings. The molecule has 1 saturated heterocycles. The Morgan fingerprint density at radius 2 is 2.24 bits per heavy atom. The van der Waals surface area contributed by atoms with Crippen LogP contribution in [-0.4, -0.2) is 41.5 Å². The van der Waals surface area contributed by atoms with E-state index in [-0.39, 0.29) is 12.2 Å². The molecule has 0 saturated carbocycles. The molecular formula is C10H14N5O5P. The molecule has 0 aliphatic carbocycles. The van der Waals surface area contributed by atoms with E-state index in [9.17, 15) is 4.57 Å². The number of phosphoric ester groups is 1. The molecule has 0 aromatic carbocycles. The average molecular weight is 315 g/mol. The number of ether oxygens (including phenoxy) is 1. The lowest BCUT2D eigenvalue weighted by Crippen LogP contribution is -2.19. The maximum atomic E-state index is 10.9. The first-order valence-electron chi connectivity index (χ1n) is 6.17. The zero-order valence-electron chi connectivity index (χ0n) is 11.0. The number of anilines is 1. The number of fused-ring (bicyclic) bond motifs is 1. The first-order valence-corrected chi connectivity index (χ1v) is 7.70. The maximum Gasteiger partial charge on any atom is 0.469 e. The van der Waals surface area contributed by atoms with Crippen molar-refractivity contribution in [2.45, 2.75) is 31.8 Å². The van der Waals surface area contributed by atoms with Crippen LogP contribution in [0.5, 0.6) is 0 Å². The standard InChI is InChI=1S/C10H14N5O5P/c1-5-6(20-21(16,17)18)2-7(19-5)15-4-14-8-9(11)12-3-13-10(8)15/h3-7H,2H2,1H3,(H2,11,12,13)(H2,16,17,18). The highest BCUT2D eigenvalue weighted by molar-refractivity contribution is 7.46. The van der Waals surface area contributed by atoms with Crippen molar-refractivity contribution in [2.75, 3.05) is 5.73 Å². The van der Waals surface area contributed by atoms with Gasteiger partial charge in [0.05, 0.1) is 18.5 Å². The Labute approximate surface area is 119 Å². The second-order valence-electron chi connectivity index (χ2n) is 4.75. The van der Waals surface area contributed by atoms with Gasteiger partial charge < -0.3 is 20.3 Å². The molecular weight excluding hydrogens is 301 g/mol. The van der Waals surface area contributed by atoms with E-state index < -0.39 is 26.3 Å². The van der Waals surface area contributed by atoms with E-state index in [0.29, 0.717) is 11.2 Å². The number of imidazole rings is 1. The Bertz CT molecular complexity index is 715. The second-order valence-corrected chi connectivity index (χ2v) is 5.94. The lowest BCUT2D eigenvalue weighted by molar-refractivity contribution is -0.00649. The summed E-state index contributed by atoms with van der Waals surface area (Å²) in [6, 6.07) is 0. The summed E-state index contributed by atoms with van der Waals surface area (Å²) in [7, 11) is -4.56. The van der Waals surface area contributed by atoms with Crippen LogP contribution in [0, 0.1) is 0 Å². The molecule has 1 aliphatic heterocycles. The molecule has 3 heterocycles. The van der Waals surface area contributed by atoms with Gasteiger partial charge in [-0.25, -0.2) is 19.5 Å². The Morgan fingerprint density at radius 3 is 2.95 bits per heavy atom. The summed E-state index contributed by atoms with van der Waals surface area (Å²) >= 11 is 0. The Hall–Kier alpha value is -1.58. The van der Waals surface area contributed by atoms with Gasteiger partial charge in [-0.2, -0.15) is 0 Å². The van der Waals surface area contributed by atoms with Crippen LogP contribution >= 0.6 is 7.82 Å². The molecule has 3 rings (SSSR count). The topological polar surface area (TPSA) is 146 Å². The van der Waals surface area contributed by atoms with Gasteiger partial charge >= 0.3 is 7.82 Å². The van der Waals surface area contributed by atoms with Gasteiger partial charge in [0.1, 0.15) is 18.1 Å². The van der Waals surface area contributed by atoms with Gasteiger partial charge in [0.25, 0.3) is 0 Å². The number of aromatic nitrogens is 4. The van der Waals surface area contributed by atoms with Crippen molar-refractivity contribution in [3.05, 3.63) is 12.7 Å². The van der Waals surface area contributed by atoms with Gasteiger partial charge in [0, 0.05) is 6.42 Å². The zero-order chi connectivity index (χ0) is 15.2. The molecule has 0 spiro atoms. The largest absolute Gasteiger partial charge is 0.469 e. The fourth-order valence-electron chi connectivity index (χ4n) is 2.35. The molecule has 11 heteroatoms. The highest BCUT2D eigenvalue weighted by atomic mass is 31.2. The normalized spacial score (nSPS) is 26.5. The predicted molar refractivity (Wildman–Crippen MR) is 70.9 cm³/mol. The lowest BCUT2D eigenvalue weighted by Gasteiger charge is -2.14. The zero-order valence-corrected chi connectivity index (χ0v) is 11.9. The number of phosphoric acid groups is 1. The molecule has 1 fully saturated rings. The van der Waals surface area contributed by atoms with E-state index in [1.54, 1.807) is 11.5 Å². The average Bonchev–Trinajstić information content (AvgIpc) is 2.93. The van der Waals surface area contributed by atoms with E-state index in [1.807, 2.05) is 0 Å². The van der Waals surface area contributed by atoms with Crippen molar-refractivity contribution in [1.82, 2.24) is 19.5 Å². The van der Waals surface area contributed by atoms with Gasteiger partial charge in [0.15, 0.2) is 11.5 Å². The molecule has 2 aromatic heterocycles. The molecule has 3 unspecified atom stereocenters. The summed E-state index contributed by atoms with van der Waals surface area (Å²) in [5, 5.41) is 0. The second kappa shape index (κ2) is 5.00. The summed E-state index contributed by atoms with van der Waals surface area (Å²) in [6.07, 6.45) is 1.41. The van der Waals surface area contributed by atoms with Gasteiger partial charge in [-0.15, -0.1) is 0 Å². The van der Waals surface area contributed by atoms with Crippen LogP contribution in [0.4, 0.5) is 5.82 Å². The monoisotopic (exact) mass is 315 g/mol. The van der Waals surface area contributed by atoms with Crippen LogP contribution in [0.25, 0.3) is 11.2 Å². The molecule has 3 atom stereocenters. The first-order chi connectivity index (χ1) is 9.85. The summed E-state index contributed by atoms with van der Waals surface area (Å²) in [5.41, 5.74) is 6.66. The minimum Gasteiger partial charge on any atom is -0.382 e. The Balaban J connectivity index is 1.88. The van der Waals surface area contributed by atoms with Crippen molar-refractivity contribution in [3.63, 3.8) is 0 Å². The predicted octanol–water partition coefficient (Wildman–Crippen LogP) is 0.194. The summed E-state index contributed by atoms with van der Waals surface area (Å²) in [4.78, 5) is 29.9. The van der Waals surface area contributed by atoms with Crippen LogP contribution in [0.1, 0.15) is 19.6 Å². The van der Waals surface area contributed by atoms with Crippen LogP contribution in [0.3, 0.4) is 0 Å². The Morgan fingerprint density at radius 1 is 1.48 bits per heavy atom. The number of nitrogens with two attached hydrogens (primary N) is 1. The van der Waals surface area contributed by atoms with Crippen LogP contribution < -0.4 is 5.73 Å². The van der Waals surface area contributed by atoms with Crippen molar-refractivity contribution in [1.29, 1.82) is 0 Å². The number of nitrogens with zero attached hydrogens (tertiary/aromatic N) is 4. The molecule has 0 radical (unpaired) electrons. The van der Waals surface area contributed by atoms with E-state index in [1.165, 1.54) is 12.7 Å². The molecule has 10 nitrogen and oxygen atoms in total. The van der Waals surface area contributed by atoms with E-state index in [4.69, 9.17) is 24.8 Å². The van der Waals surface area contributed by atoms with Gasteiger partial charge in [0.2, 0.25) is 0 Å². The van der Waals surface area contributed by atoms with Crippen molar-refractivity contribution in [2.24, 2.45) is 0 Å². The fraction of sp³-hybridized carbons (Fsp3) is 0.500. The number of hydrogen-bond acceptors (Lipinski definition) is 7. The first kappa shape index (κ1) is 14.4.